The quantitative estimate of drug-likeness (QED) is 0.586. The number of ether oxygens (including phenoxy) is 1. The minimum Gasteiger partial charge on any atom is -0.482 e. The summed E-state index contributed by atoms with van der Waals surface area (Å²) in [6.07, 6.45) is 1.26. The second-order valence-corrected chi connectivity index (χ2v) is 5.69. The van der Waals surface area contributed by atoms with E-state index in [4.69, 9.17) is 4.74 Å². The Kier molecular flexibility index (Phi) is 3.88. The Morgan fingerprint density at radius 1 is 1.33 bits per heavy atom. The average Bonchev–Trinajstić information content (AvgIpc) is 3.13. The van der Waals surface area contributed by atoms with E-state index < -0.39 is 11.9 Å². The zero-order chi connectivity index (χ0) is 19.0. The van der Waals surface area contributed by atoms with E-state index in [1.807, 2.05) is 0 Å². The third-order valence-electron chi connectivity index (χ3n) is 3.85. The molecule has 0 saturated carbocycles. The molecule has 0 aliphatic carbocycles. The molecule has 0 fully saturated rings. The fourth-order valence-electron chi connectivity index (χ4n) is 2.61. The summed E-state index contributed by atoms with van der Waals surface area (Å²) < 4.78 is 6.31. The van der Waals surface area contributed by atoms with Crippen LogP contribution >= 0.6 is 0 Å². The molecule has 136 valence electrons. The van der Waals surface area contributed by atoms with Crippen molar-refractivity contribution in [1.82, 2.24) is 25.1 Å². The number of benzene rings is 1. The maximum Gasteiger partial charge on any atom is 0.354 e. The zero-order valence-electron chi connectivity index (χ0n) is 13.7. The second-order valence-electron chi connectivity index (χ2n) is 5.69. The van der Waals surface area contributed by atoms with Gasteiger partial charge in [-0.25, -0.2) is 9.78 Å². The van der Waals surface area contributed by atoms with E-state index in [9.17, 15) is 19.5 Å². The molecular formula is C16H12N6O5. The summed E-state index contributed by atoms with van der Waals surface area (Å²) >= 11 is 0. The second kappa shape index (κ2) is 6.37. The smallest absolute Gasteiger partial charge is 0.354 e. The lowest BCUT2D eigenvalue weighted by atomic mass is 10.1. The zero-order valence-corrected chi connectivity index (χ0v) is 13.7. The van der Waals surface area contributed by atoms with Crippen LogP contribution in [0.5, 0.6) is 5.75 Å². The molecule has 2 amide bonds. The molecular weight excluding hydrogens is 356 g/mol. The Balaban J connectivity index is 1.53. The molecule has 2 aromatic heterocycles. The Hall–Kier alpha value is -4.02. The van der Waals surface area contributed by atoms with Gasteiger partial charge in [-0.3, -0.25) is 9.59 Å². The monoisotopic (exact) mass is 368 g/mol. The van der Waals surface area contributed by atoms with E-state index in [-0.39, 0.29) is 36.1 Å². The van der Waals surface area contributed by atoms with Crippen molar-refractivity contribution < 1.29 is 24.2 Å². The minimum absolute atomic E-state index is 0.0351. The van der Waals surface area contributed by atoms with E-state index in [1.54, 1.807) is 18.2 Å². The van der Waals surface area contributed by atoms with Crippen molar-refractivity contribution in [2.45, 2.75) is 6.54 Å². The third kappa shape index (κ3) is 3.13. The number of hydrogen-bond acceptors (Lipinski definition) is 7. The first-order valence-corrected chi connectivity index (χ1v) is 7.80. The van der Waals surface area contributed by atoms with Gasteiger partial charge in [0.1, 0.15) is 11.4 Å². The Bertz CT molecular complexity index is 1090. The van der Waals surface area contributed by atoms with Crippen molar-refractivity contribution in [1.29, 1.82) is 0 Å². The first-order valence-electron chi connectivity index (χ1n) is 7.80. The van der Waals surface area contributed by atoms with Gasteiger partial charge in [0.25, 0.3) is 11.8 Å². The van der Waals surface area contributed by atoms with Crippen molar-refractivity contribution >= 4 is 29.1 Å². The van der Waals surface area contributed by atoms with Crippen LogP contribution in [0.1, 0.15) is 26.5 Å². The average molecular weight is 368 g/mol. The van der Waals surface area contributed by atoms with Crippen molar-refractivity contribution in [2.24, 2.45) is 0 Å². The van der Waals surface area contributed by atoms with Crippen LogP contribution < -0.4 is 15.4 Å². The lowest BCUT2D eigenvalue weighted by molar-refractivity contribution is -0.118. The molecule has 4 rings (SSSR count). The predicted molar refractivity (Wildman–Crippen MR) is 89.5 cm³/mol. The summed E-state index contributed by atoms with van der Waals surface area (Å²) in [4.78, 5) is 39.2. The minimum atomic E-state index is -1.26. The van der Waals surface area contributed by atoms with Crippen LogP contribution in [-0.2, 0) is 11.3 Å². The van der Waals surface area contributed by atoms with Crippen LogP contribution in [0.3, 0.4) is 0 Å². The SMILES string of the molecule is O=C1COc2ccc(CNC(=O)c3cc(C(=O)O)n4nncc4n3)cc2N1. The molecule has 1 aromatic carbocycles. The number of aromatic carboxylic acids is 1. The molecule has 3 aromatic rings. The highest BCUT2D eigenvalue weighted by Gasteiger charge is 2.18. The molecule has 0 radical (unpaired) electrons. The molecule has 1 aliphatic rings. The van der Waals surface area contributed by atoms with E-state index in [1.165, 1.54) is 6.20 Å². The Morgan fingerprint density at radius 2 is 2.19 bits per heavy atom. The summed E-state index contributed by atoms with van der Waals surface area (Å²) in [5.41, 5.74) is 1.09. The molecule has 0 spiro atoms. The summed E-state index contributed by atoms with van der Waals surface area (Å²) in [5.74, 6) is -1.51. The van der Waals surface area contributed by atoms with Gasteiger partial charge in [0.2, 0.25) is 0 Å². The first kappa shape index (κ1) is 16.4. The van der Waals surface area contributed by atoms with Crippen molar-refractivity contribution in [3.63, 3.8) is 0 Å². The normalized spacial score (nSPS) is 12.8. The number of nitrogens with zero attached hydrogens (tertiary/aromatic N) is 4. The number of aromatic nitrogens is 4. The van der Waals surface area contributed by atoms with Gasteiger partial charge >= 0.3 is 5.97 Å². The lowest BCUT2D eigenvalue weighted by Crippen LogP contribution is -2.27. The summed E-state index contributed by atoms with van der Waals surface area (Å²) in [6.45, 7) is 0.112. The topological polar surface area (TPSA) is 148 Å². The molecule has 0 saturated heterocycles. The number of rotatable bonds is 4. The van der Waals surface area contributed by atoms with E-state index in [0.29, 0.717) is 11.4 Å². The maximum atomic E-state index is 12.4. The lowest BCUT2D eigenvalue weighted by Gasteiger charge is -2.18. The predicted octanol–water partition coefficient (Wildman–Crippen LogP) is 0.0834. The number of carboxylic acid groups (broad SMARTS) is 1. The Morgan fingerprint density at radius 3 is 3.00 bits per heavy atom. The molecule has 0 unspecified atom stereocenters. The van der Waals surface area contributed by atoms with Gasteiger partial charge in [0, 0.05) is 12.6 Å². The molecule has 11 nitrogen and oxygen atoms in total. The van der Waals surface area contributed by atoms with Crippen LogP contribution in [0, 0.1) is 0 Å². The number of anilines is 1. The van der Waals surface area contributed by atoms with Gasteiger partial charge in [-0.2, -0.15) is 4.52 Å². The number of carbonyl (C=O) groups excluding carboxylic acids is 2. The van der Waals surface area contributed by atoms with E-state index in [2.05, 4.69) is 25.9 Å². The number of fused-ring (bicyclic) bond motifs is 2. The van der Waals surface area contributed by atoms with Gasteiger partial charge in [-0.15, -0.1) is 5.10 Å². The van der Waals surface area contributed by atoms with Gasteiger partial charge in [-0.1, -0.05) is 11.3 Å². The Labute approximate surface area is 151 Å². The number of carboxylic acids is 1. The summed E-state index contributed by atoms with van der Waals surface area (Å²) in [6, 6.07) is 6.25. The van der Waals surface area contributed by atoms with Gasteiger partial charge in [0.15, 0.2) is 17.9 Å². The van der Waals surface area contributed by atoms with E-state index >= 15 is 0 Å². The highest BCUT2D eigenvalue weighted by molar-refractivity contribution is 5.96. The molecule has 1 aliphatic heterocycles. The summed E-state index contributed by atoms with van der Waals surface area (Å²) in [7, 11) is 0. The maximum absolute atomic E-state index is 12.4. The molecule has 27 heavy (non-hydrogen) atoms. The summed E-state index contributed by atoms with van der Waals surface area (Å²) in [5, 5.41) is 21.8. The van der Waals surface area contributed by atoms with Gasteiger partial charge < -0.3 is 20.5 Å². The van der Waals surface area contributed by atoms with Crippen LogP contribution in [0.4, 0.5) is 5.69 Å². The van der Waals surface area contributed by atoms with Crippen LogP contribution in [0.2, 0.25) is 0 Å². The third-order valence-corrected chi connectivity index (χ3v) is 3.85. The van der Waals surface area contributed by atoms with Crippen molar-refractivity contribution in [3.8, 4) is 5.75 Å². The molecule has 3 heterocycles. The van der Waals surface area contributed by atoms with Crippen molar-refractivity contribution in [2.75, 3.05) is 11.9 Å². The fraction of sp³-hybridized carbons (Fsp3) is 0.125. The largest absolute Gasteiger partial charge is 0.482 e. The molecule has 11 heteroatoms. The number of hydrogen-bond donors (Lipinski definition) is 3. The number of carbonyl (C=O) groups is 3. The molecule has 0 bridgehead atoms. The highest BCUT2D eigenvalue weighted by Crippen LogP contribution is 2.28. The van der Waals surface area contributed by atoms with E-state index in [0.717, 1.165) is 16.1 Å². The van der Waals surface area contributed by atoms with Crippen molar-refractivity contribution in [3.05, 3.63) is 47.4 Å². The first-order chi connectivity index (χ1) is 13.0. The number of nitrogens with one attached hydrogen (secondary N) is 2. The van der Waals surface area contributed by atoms with Gasteiger partial charge in [0.05, 0.1) is 11.9 Å². The standard InChI is InChI=1S/C16H12N6O5/c23-14-7-27-12-2-1-8(3-9(12)20-14)5-17-15(24)10-4-11(16(25)26)22-13(19-10)6-18-21-22/h1-4,6H,5,7H2,(H,17,24)(H,20,23)(H,25,26). The molecule has 0 atom stereocenters. The molecule has 3 N–H and O–H groups in total. The van der Waals surface area contributed by atoms with Crippen LogP contribution in [0.15, 0.2) is 30.5 Å². The highest BCUT2D eigenvalue weighted by atomic mass is 16.5. The van der Waals surface area contributed by atoms with Gasteiger partial charge in [-0.05, 0) is 17.7 Å². The van der Waals surface area contributed by atoms with Crippen LogP contribution in [-0.4, -0.2) is 49.3 Å². The van der Waals surface area contributed by atoms with Crippen LogP contribution in [0.25, 0.3) is 5.65 Å². The fourth-order valence-corrected chi connectivity index (χ4v) is 2.61. The number of amides is 2.